The van der Waals surface area contributed by atoms with Gasteiger partial charge in [-0.3, -0.25) is 19.3 Å². The van der Waals surface area contributed by atoms with Crippen molar-refractivity contribution >= 4 is 52.1 Å². The van der Waals surface area contributed by atoms with Crippen molar-refractivity contribution in [3.63, 3.8) is 0 Å². The summed E-state index contributed by atoms with van der Waals surface area (Å²) in [6.45, 7) is 2.47. The summed E-state index contributed by atoms with van der Waals surface area (Å²) in [5, 5.41) is -0.218. The van der Waals surface area contributed by atoms with Gasteiger partial charge in [0, 0.05) is 19.4 Å². The number of hydrogen-bond acceptors (Lipinski definition) is 4. The fraction of sp³-hybridized carbons (Fsp3) is 0.750. The number of thioether (sulfide) groups is 1. The third-order valence-corrected chi connectivity index (χ3v) is 4.81. The largest absolute Gasteiger partial charge is 0.370 e. The van der Waals surface area contributed by atoms with Gasteiger partial charge in [-0.25, -0.2) is 0 Å². The van der Waals surface area contributed by atoms with Crippen molar-refractivity contribution in [3.8, 4) is 0 Å². The first kappa shape index (κ1) is 16.7. The lowest BCUT2D eigenvalue weighted by molar-refractivity contribution is -0.138. The van der Waals surface area contributed by atoms with Crippen LogP contribution in [0.3, 0.4) is 0 Å². The Bertz CT molecular complexity index is 363. The Balaban J connectivity index is 2.31. The van der Waals surface area contributed by atoms with Gasteiger partial charge in [0.2, 0.25) is 17.7 Å². The zero-order valence-corrected chi connectivity index (χ0v) is 13.9. The van der Waals surface area contributed by atoms with Crippen LogP contribution in [0.25, 0.3) is 0 Å². The average Bonchev–Trinajstić information content (AvgIpc) is 2.54. The van der Waals surface area contributed by atoms with E-state index in [2.05, 4.69) is 22.6 Å². The van der Waals surface area contributed by atoms with E-state index < -0.39 is 0 Å². The van der Waals surface area contributed by atoms with E-state index in [1.165, 1.54) is 16.7 Å². The van der Waals surface area contributed by atoms with Gasteiger partial charge < -0.3 is 5.73 Å². The lowest BCUT2D eigenvalue weighted by atomic mass is 10.2. The highest BCUT2D eigenvalue weighted by atomic mass is 127. The highest BCUT2D eigenvalue weighted by Crippen LogP contribution is 2.31. The molecule has 1 saturated heterocycles. The van der Waals surface area contributed by atoms with Gasteiger partial charge in [0.25, 0.3) is 0 Å². The van der Waals surface area contributed by atoms with Crippen LogP contribution in [0.2, 0.25) is 0 Å². The Morgan fingerprint density at radius 3 is 2.74 bits per heavy atom. The molecule has 0 spiro atoms. The van der Waals surface area contributed by atoms with Crippen LogP contribution in [-0.2, 0) is 14.4 Å². The summed E-state index contributed by atoms with van der Waals surface area (Å²) in [6, 6.07) is 0. The molecule has 0 aromatic carbocycles. The molecule has 2 N–H and O–H groups in total. The Kier molecular flexibility index (Phi) is 7.12. The average molecular weight is 398 g/mol. The van der Waals surface area contributed by atoms with Crippen LogP contribution in [0.4, 0.5) is 0 Å². The van der Waals surface area contributed by atoms with E-state index >= 15 is 0 Å². The van der Waals surface area contributed by atoms with Crippen LogP contribution in [0.15, 0.2) is 0 Å². The molecule has 2 unspecified atom stereocenters. The standard InChI is InChI=1S/C12H19IN2O3S/c1-8(13)19-9-7-11(17)15(12(9)18)6-4-2-3-5-10(14)16/h8-9H,2-7H2,1H3,(H2,14,16). The van der Waals surface area contributed by atoms with Gasteiger partial charge in [-0.2, -0.15) is 0 Å². The number of nitrogens with two attached hydrogens (primary N) is 1. The van der Waals surface area contributed by atoms with Gasteiger partial charge >= 0.3 is 0 Å². The predicted molar refractivity (Wildman–Crippen MR) is 83.9 cm³/mol. The van der Waals surface area contributed by atoms with Crippen LogP contribution in [-0.4, -0.2) is 37.7 Å². The molecule has 1 aliphatic heterocycles. The summed E-state index contributed by atoms with van der Waals surface area (Å²) in [5.74, 6) is -0.441. The number of rotatable bonds is 8. The third-order valence-electron chi connectivity index (χ3n) is 2.86. The Morgan fingerprint density at radius 1 is 1.47 bits per heavy atom. The normalized spacial score (nSPS) is 20.9. The molecule has 5 nitrogen and oxygen atoms in total. The number of amides is 3. The molecule has 19 heavy (non-hydrogen) atoms. The van der Waals surface area contributed by atoms with Crippen LogP contribution in [0.1, 0.15) is 39.0 Å². The SMILES string of the molecule is CC(I)SC1CC(=O)N(CCCCCC(N)=O)C1=O. The van der Waals surface area contributed by atoms with E-state index in [1.54, 1.807) is 0 Å². The minimum Gasteiger partial charge on any atom is -0.370 e. The van der Waals surface area contributed by atoms with E-state index in [4.69, 9.17) is 5.73 Å². The molecule has 1 heterocycles. The van der Waals surface area contributed by atoms with Crippen molar-refractivity contribution in [1.29, 1.82) is 0 Å². The quantitative estimate of drug-likeness (QED) is 0.292. The lowest BCUT2D eigenvalue weighted by Gasteiger charge is -2.15. The lowest BCUT2D eigenvalue weighted by Crippen LogP contribution is -2.32. The van der Waals surface area contributed by atoms with Gasteiger partial charge in [0.1, 0.15) is 0 Å². The number of nitrogens with zero attached hydrogens (tertiary/aromatic N) is 1. The van der Waals surface area contributed by atoms with Gasteiger partial charge in [-0.05, 0) is 19.8 Å². The molecule has 1 aliphatic rings. The second-order valence-corrected chi connectivity index (χ2v) is 8.79. The molecule has 0 radical (unpaired) electrons. The smallest absolute Gasteiger partial charge is 0.242 e. The number of halogens is 1. The molecule has 108 valence electrons. The molecule has 0 bridgehead atoms. The summed E-state index contributed by atoms with van der Waals surface area (Å²) in [5.41, 5.74) is 5.04. The maximum atomic E-state index is 12.0. The van der Waals surface area contributed by atoms with E-state index in [-0.39, 0.29) is 23.0 Å². The first-order valence-corrected chi connectivity index (χ1v) is 8.52. The number of unbranched alkanes of at least 4 members (excludes halogenated alkanes) is 2. The van der Waals surface area contributed by atoms with E-state index in [0.717, 1.165) is 12.8 Å². The number of likely N-dealkylation sites (tertiary alicyclic amines) is 1. The number of carbonyl (C=O) groups is 3. The van der Waals surface area contributed by atoms with E-state index in [0.29, 0.717) is 29.1 Å². The number of alkyl halides is 1. The zero-order chi connectivity index (χ0) is 14.4. The second kappa shape index (κ2) is 8.08. The van der Waals surface area contributed by atoms with Crippen molar-refractivity contribution in [3.05, 3.63) is 0 Å². The Hall–Kier alpha value is -0.310. The summed E-state index contributed by atoms with van der Waals surface area (Å²) in [7, 11) is 0. The molecule has 2 atom stereocenters. The van der Waals surface area contributed by atoms with Gasteiger partial charge in [-0.15, -0.1) is 11.8 Å². The third kappa shape index (κ3) is 5.68. The number of hydrogen-bond donors (Lipinski definition) is 1. The minimum atomic E-state index is -0.305. The monoisotopic (exact) mass is 398 g/mol. The first-order valence-electron chi connectivity index (χ1n) is 6.34. The van der Waals surface area contributed by atoms with Crippen LogP contribution in [0.5, 0.6) is 0 Å². The Morgan fingerprint density at radius 2 is 2.16 bits per heavy atom. The Labute approximate surface area is 131 Å². The van der Waals surface area contributed by atoms with Crippen molar-refractivity contribution < 1.29 is 14.4 Å². The second-order valence-electron chi connectivity index (χ2n) is 4.53. The van der Waals surface area contributed by atoms with E-state index in [1.807, 2.05) is 6.92 Å². The molecular weight excluding hydrogens is 379 g/mol. The number of imide groups is 1. The fourth-order valence-electron chi connectivity index (χ4n) is 1.97. The minimum absolute atomic E-state index is 0.0617. The summed E-state index contributed by atoms with van der Waals surface area (Å²) < 4.78 is 0.315. The maximum absolute atomic E-state index is 12.0. The predicted octanol–water partition coefficient (Wildman–Crippen LogP) is 1.67. The summed E-state index contributed by atoms with van der Waals surface area (Å²) in [6.07, 6.45) is 2.95. The van der Waals surface area contributed by atoms with Gasteiger partial charge in [-0.1, -0.05) is 29.0 Å². The summed E-state index contributed by atoms with van der Waals surface area (Å²) in [4.78, 5) is 35.7. The van der Waals surface area contributed by atoms with Gasteiger partial charge in [0.15, 0.2) is 0 Å². The highest BCUT2D eigenvalue weighted by Gasteiger charge is 2.38. The first-order chi connectivity index (χ1) is 8.91. The fourth-order valence-corrected chi connectivity index (χ4v) is 3.96. The molecule has 1 rings (SSSR count). The highest BCUT2D eigenvalue weighted by molar-refractivity contribution is 14.1. The zero-order valence-electron chi connectivity index (χ0n) is 10.9. The molecule has 0 aliphatic carbocycles. The molecule has 1 fully saturated rings. The van der Waals surface area contributed by atoms with Crippen molar-refractivity contribution in [2.45, 2.75) is 47.5 Å². The topological polar surface area (TPSA) is 80.5 Å². The molecule has 0 aromatic heterocycles. The number of primary amides is 1. The van der Waals surface area contributed by atoms with Crippen molar-refractivity contribution in [2.24, 2.45) is 5.73 Å². The molecule has 0 aromatic rings. The van der Waals surface area contributed by atoms with Gasteiger partial charge in [0.05, 0.1) is 8.51 Å². The summed E-state index contributed by atoms with van der Waals surface area (Å²) >= 11 is 3.78. The van der Waals surface area contributed by atoms with Crippen LogP contribution >= 0.6 is 34.4 Å². The molecule has 7 heteroatoms. The molecule has 0 saturated carbocycles. The van der Waals surface area contributed by atoms with Crippen molar-refractivity contribution in [1.82, 2.24) is 4.90 Å². The maximum Gasteiger partial charge on any atom is 0.242 e. The van der Waals surface area contributed by atoms with Crippen LogP contribution in [0, 0.1) is 0 Å². The van der Waals surface area contributed by atoms with Crippen molar-refractivity contribution in [2.75, 3.05) is 6.54 Å². The van der Waals surface area contributed by atoms with Crippen LogP contribution < -0.4 is 5.73 Å². The molecular formula is C12H19IN2O3S. The molecule has 3 amide bonds. The van der Waals surface area contributed by atoms with E-state index in [9.17, 15) is 14.4 Å². The number of carbonyl (C=O) groups excluding carboxylic acids is 3.